The quantitative estimate of drug-likeness (QED) is 0.782. The fourth-order valence-electron chi connectivity index (χ4n) is 1.77. The van der Waals surface area contributed by atoms with Crippen molar-refractivity contribution < 1.29 is 9.53 Å². The second-order valence-corrected chi connectivity index (χ2v) is 5.50. The maximum atomic E-state index is 11.7. The van der Waals surface area contributed by atoms with Crippen LogP contribution in [0.3, 0.4) is 0 Å². The van der Waals surface area contributed by atoms with E-state index in [4.69, 9.17) is 4.74 Å². The Morgan fingerprint density at radius 1 is 1.67 bits per heavy atom. The normalized spacial score (nSPS) is 27.7. The smallest absolute Gasteiger partial charge is 0.225 e. The van der Waals surface area contributed by atoms with Gasteiger partial charge in [0.15, 0.2) is 0 Å². The number of nitrogens with one attached hydrogen (secondary N) is 1. The van der Waals surface area contributed by atoms with Crippen LogP contribution in [0.5, 0.6) is 0 Å². The van der Waals surface area contributed by atoms with E-state index < -0.39 is 0 Å². The van der Waals surface area contributed by atoms with Crippen LogP contribution < -0.4 is 5.32 Å². The van der Waals surface area contributed by atoms with E-state index in [2.05, 4.69) is 28.2 Å². The van der Waals surface area contributed by atoms with Crippen molar-refractivity contribution in [1.29, 1.82) is 0 Å². The van der Waals surface area contributed by atoms with Crippen LogP contribution >= 0.6 is 15.9 Å². The number of hydrogen-bond acceptors (Lipinski definition) is 2. The van der Waals surface area contributed by atoms with Crippen LogP contribution in [-0.4, -0.2) is 30.0 Å². The van der Waals surface area contributed by atoms with Gasteiger partial charge in [0.2, 0.25) is 5.91 Å². The second-order valence-electron chi connectivity index (χ2n) is 4.21. The highest BCUT2D eigenvalue weighted by Gasteiger charge is 2.28. The van der Waals surface area contributed by atoms with Crippen molar-refractivity contribution in [3.63, 3.8) is 0 Å². The molecule has 4 heteroatoms. The Bertz CT molecular complexity index is 211. The molecule has 0 aliphatic carbocycles. The van der Waals surface area contributed by atoms with E-state index in [-0.39, 0.29) is 17.9 Å². The molecule has 3 nitrogen and oxygen atoms in total. The standard InChI is InChI=1S/C11H20BrNO2/c1-3-4-10(12)6-13-11(14)9-5-8(2)15-7-9/h8-10H,3-7H2,1-2H3,(H,13,14). The number of amides is 1. The lowest BCUT2D eigenvalue weighted by atomic mass is 10.1. The van der Waals surface area contributed by atoms with E-state index >= 15 is 0 Å². The van der Waals surface area contributed by atoms with Gasteiger partial charge in [-0.2, -0.15) is 0 Å². The molecule has 0 spiro atoms. The van der Waals surface area contributed by atoms with Crippen molar-refractivity contribution in [3.05, 3.63) is 0 Å². The second kappa shape index (κ2) is 6.48. The summed E-state index contributed by atoms with van der Waals surface area (Å²) in [6.07, 6.45) is 3.32. The van der Waals surface area contributed by atoms with Crippen molar-refractivity contribution in [2.45, 2.75) is 44.0 Å². The highest BCUT2D eigenvalue weighted by atomic mass is 79.9. The summed E-state index contributed by atoms with van der Waals surface area (Å²) in [6, 6.07) is 0. The number of hydrogen-bond donors (Lipinski definition) is 1. The van der Waals surface area contributed by atoms with Crippen molar-refractivity contribution in [1.82, 2.24) is 5.32 Å². The van der Waals surface area contributed by atoms with E-state index in [1.165, 1.54) is 0 Å². The topological polar surface area (TPSA) is 38.3 Å². The van der Waals surface area contributed by atoms with Gasteiger partial charge in [-0.25, -0.2) is 0 Å². The molecule has 0 aromatic rings. The monoisotopic (exact) mass is 277 g/mol. The molecule has 0 bridgehead atoms. The molecular weight excluding hydrogens is 258 g/mol. The minimum atomic E-state index is 0.0568. The van der Waals surface area contributed by atoms with Crippen LogP contribution in [0.1, 0.15) is 33.1 Å². The summed E-state index contributed by atoms with van der Waals surface area (Å²) in [5.41, 5.74) is 0. The summed E-state index contributed by atoms with van der Waals surface area (Å²) in [7, 11) is 0. The molecule has 3 atom stereocenters. The molecule has 0 aromatic heterocycles. The first kappa shape index (κ1) is 13.0. The van der Waals surface area contributed by atoms with Crippen LogP contribution in [-0.2, 0) is 9.53 Å². The Labute approximate surface area is 100 Å². The molecule has 0 saturated carbocycles. The highest BCUT2D eigenvalue weighted by Crippen LogP contribution is 2.19. The fraction of sp³-hybridized carbons (Fsp3) is 0.909. The van der Waals surface area contributed by atoms with Gasteiger partial charge in [-0.3, -0.25) is 4.79 Å². The highest BCUT2D eigenvalue weighted by molar-refractivity contribution is 9.09. The maximum absolute atomic E-state index is 11.7. The van der Waals surface area contributed by atoms with E-state index in [1.807, 2.05) is 6.92 Å². The van der Waals surface area contributed by atoms with Gasteiger partial charge in [-0.15, -0.1) is 0 Å². The van der Waals surface area contributed by atoms with Crippen LogP contribution in [0, 0.1) is 5.92 Å². The number of alkyl halides is 1. The van der Waals surface area contributed by atoms with Gasteiger partial charge in [0, 0.05) is 11.4 Å². The first-order valence-corrected chi connectivity index (χ1v) is 6.58. The van der Waals surface area contributed by atoms with Crippen molar-refractivity contribution in [2.24, 2.45) is 5.92 Å². The molecule has 3 unspecified atom stereocenters. The molecule has 1 aliphatic rings. The summed E-state index contributed by atoms with van der Waals surface area (Å²) >= 11 is 3.54. The molecule has 1 heterocycles. The average molecular weight is 278 g/mol. The minimum Gasteiger partial charge on any atom is -0.378 e. The third-order valence-corrected chi connectivity index (χ3v) is 3.45. The van der Waals surface area contributed by atoms with Crippen molar-refractivity contribution >= 4 is 21.8 Å². The molecule has 88 valence electrons. The first-order chi connectivity index (χ1) is 7.13. The summed E-state index contributed by atoms with van der Waals surface area (Å²) in [5.74, 6) is 0.196. The van der Waals surface area contributed by atoms with Gasteiger partial charge < -0.3 is 10.1 Å². The molecule has 1 saturated heterocycles. The Morgan fingerprint density at radius 2 is 2.40 bits per heavy atom. The first-order valence-electron chi connectivity index (χ1n) is 5.66. The molecule has 1 amide bonds. The Morgan fingerprint density at radius 3 is 2.93 bits per heavy atom. The molecule has 0 aromatic carbocycles. The molecule has 0 radical (unpaired) electrons. The van der Waals surface area contributed by atoms with Gasteiger partial charge in [-0.05, 0) is 19.8 Å². The van der Waals surface area contributed by atoms with Crippen LogP contribution in [0.15, 0.2) is 0 Å². The Balaban J connectivity index is 2.18. The number of carbonyl (C=O) groups is 1. The lowest BCUT2D eigenvalue weighted by Gasteiger charge is -2.12. The molecule has 1 aliphatic heterocycles. The zero-order valence-corrected chi connectivity index (χ0v) is 11.0. The summed E-state index contributed by atoms with van der Waals surface area (Å²) < 4.78 is 5.37. The van der Waals surface area contributed by atoms with Crippen molar-refractivity contribution in [3.8, 4) is 0 Å². The number of ether oxygens (including phenoxy) is 1. The molecule has 1 fully saturated rings. The Kier molecular flexibility index (Phi) is 5.61. The van der Waals surface area contributed by atoms with Crippen LogP contribution in [0.4, 0.5) is 0 Å². The van der Waals surface area contributed by atoms with Crippen LogP contribution in [0.2, 0.25) is 0 Å². The van der Waals surface area contributed by atoms with Gasteiger partial charge in [0.1, 0.15) is 0 Å². The third kappa shape index (κ3) is 4.51. The maximum Gasteiger partial charge on any atom is 0.225 e. The van der Waals surface area contributed by atoms with E-state index in [0.29, 0.717) is 11.4 Å². The largest absolute Gasteiger partial charge is 0.378 e. The summed E-state index contributed by atoms with van der Waals surface area (Å²) in [6.45, 7) is 5.45. The molecule has 1 rings (SSSR count). The Hall–Kier alpha value is -0.0900. The zero-order chi connectivity index (χ0) is 11.3. The van der Waals surface area contributed by atoms with Crippen molar-refractivity contribution in [2.75, 3.05) is 13.2 Å². The number of halogens is 1. The third-order valence-electron chi connectivity index (χ3n) is 2.67. The predicted molar refractivity (Wildman–Crippen MR) is 64.2 cm³/mol. The van der Waals surface area contributed by atoms with Gasteiger partial charge in [-0.1, -0.05) is 29.3 Å². The average Bonchev–Trinajstić information content (AvgIpc) is 2.62. The SMILES string of the molecule is CCCC(Br)CNC(=O)C1COC(C)C1. The van der Waals surface area contributed by atoms with E-state index in [1.54, 1.807) is 0 Å². The van der Waals surface area contributed by atoms with Gasteiger partial charge in [0.05, 0.1) is 18.6 Å². The van der Waals surface area contributed by atoms with E-state index in [0.717, 1.165) is 25.8 Å². The summed E-state index contributed by atoms with van der Waals surface area (Å²) in [4.78, 5) is 12.1. The minimum absolute atomic E-state index is 0.0568. The molecule has 1 N–H and O–H groups in total. The van der Waals surface area contributed by atoms with Gasteiger partial charge in [0.25, 0.3) is 0 Å². The van der Waals surface area contributed by atoms with Crippen LogP contribution in [0.25, 0.3) is 0 Å². The number of rotatable bonds is 5. The fourth-order valence-corrected chi connectivity index (χ4v) is 2.39. The lowest BCUT2D eigenvalue weighted by molar-refractivity contribution is -0.124. The number of carbonyl (C=O) groups excluding carboxylic acids is 1. The molecule has 15 heavy (non-hydrogen) atoms. The van der Waals surface area contributed by atoms with E-state index in [9.17, 15) is 4.79 Å². The lowest BCUT2D eigenvalue weighted by Crippen LogP contribution is -2.35. The van der Waals surface area contributed by atoms with Gasteiger partial charge >= 0.3 is 0 Å². The summed E-state index contributed by atoms with van der Waals surface area (Å²) in [5, 5.41) is 2.96. The molecular formula is C11H20BrNO2. The zero-order valence-electron chi connectivity index (χ0n) is 9.46. The predicted octanol–water partition coefficient (Wildman–Crippen LogP) is 2.09.